The molecule has 0 saturated carbocycles. The molecule has 1 aliphatic rings. The van der Waals surface area contributed by atoms with Crippen molar-refractivity contribution in [2.45, 2.75) is 12.8 Å². The molecule has 0 spiro atoms. The van der Waals surface area contributed by atoms with Crippen molar-refractivity contribution in [3.8, 4) is 0 Å². The fourth-order valence-corrected chi connectivity index (χ4v) is 2.34. The Labute approximate surface area is 97.9 Å². The molecule has 80 valence electrons. The lowest BCUT2D eigenvalue weighted by Gasteiger charge is -2.18. The van der Waals surface area contributed by atoms with Gasteiger partial charge in [-0.25, -0.2) is 0 Å². The van der Waals surface area contributed by atoms with Crippen LogP contribution in [0.1, 0.15) is 12.8 Å². The van der Waals surface area contributed by atoms with E-state index in [9.17, 15) is 4.91 Å². The first-order valence-electron chi connectivity index (χ1n) is 4.79. The highest BCUT2D eigenvalue weighted by Gasteiger charge is 2.16. The second-order valence-electron chi connectivity index (χ2n) is 3.54. The summed E-state index contributed by atoms with van der Waals surface area (Å²) in [4.78, 5) is 12.6. The molecular weight excluding hydrogens is 235 g/mol. The SMILES string of the molecule is O=Nc1c(Cl)cc(N2CCCC2)cc1Cl. The van der Waals surface area contributed by atoms with Crippen LogP contribution in [0.3, 0.4) is 0 Å². The molecule has 15 heavy (non-hydrogen) atoms. The fourth-order valence-electron chi connectivity index (χ4n) is 1.80. The lowest BCUT2D eigenvalue weighted by Crippen LogP contribution is -2.17. The van der Waals surface area contributed by atoms with Gasteiger partial charge in [-0.05, 0) is 30.2 Å². The Bertz CT molecular complexity index is 366. The van der Waals surface area contributed by atoms with Crippen LogP contribution in [0.25, 0.3) is 0 Å². The number of nitrogens with zero attached hydrogens (tertiary/aromatic N) is 2. The number of hydrogen-bond acceptors (Lipinski definition) is 3. The maximum atomic E-state index is 10.4. The molecule has 1 heterocycles. The van der Waals surface area contributed by atoms with E-state index in [1.54, 1.807) is 12.1 Å². The smallest absolute Gasteiger partial charge is 0.145 e. The minimum absolute atomic E-state index is 0.126. The molecule has 0 bridgehead atoms. The van der Waals surface area contributed by atoms with Gasteiger partial charge in [0.2, 0.25) is 0 Å². The second kappa shape index (κ2) is 4.37. The van der Waals surface area contributed by atoms with E-state index in [0.717, 1.165) is 18.8 Å². The zero-order chi connectivity index (χ0) is 10.8. The first-order chi connectivity index (χ1) is 7.22. The average Bonchev–Trinajstić information content (AvgIpc) is 2.69. The number of hydrogen-bond donors (Lipinski definition) is 0. The zero-order valence-electron chi connectivity index (χ0n) is 8.04. The topological polar surface area (TPSA) is 32.7 Å². The molecule has 1 saturated heterocycles. The van der Waals surface area contributed by atoms with E-state index < -0.39 is 0 Å². The molecule has 0 atom stereocenters. The van der Waals surface area contributed by atoms with Crippen molar-refractivity contribution < 1.29 is 0 Å². The molecule has 1 fully saturated rings. The zero-order valence-corrected chi connectivity index (χ0v) is 9.55. The van der Waals surface area contributed by atoms with Crippen LogP contribution in [0, 0.1) is 4.91 Å². The standard InChI is InChI=1S/C10H10Cl2N2O/c11-8-5-7(14-3-1-2-4-14)6-9(12)10(8)13-15/h5-6H,1-4H2. The Balaban J connectivity index is 2.37. The van der Waals surface area contributed by atoms with Crippen molar-refractivity contribution in [3.63, 3.8) is 0 Å². The predicted molar refractivity (Wildman–Crippen MR) is 63.4 cm³/mol. The summed E-state index contributed by atoms with van der Waals surface area (Å²) in [5.41, 5.74) is 1.09. The van der Waals surface area contributed by atoms with Crippen LogP contribution >= 0.6 is 23.2 Å². The van der Waals surface area contributed by atoms with Crippen molar-refractivity contribution >= 4 is 34.6 Å². The Kier molecular flexibility index (Phi) is 3.12. The van der Waals surface area contributed by atoms with E-state index in [1.165, 1.54) is 12.8 Å². The van der Waals surface area contributed by atoms with Gasteiger partial charge in [0.15, 0.2) is 0 Å². The summed E-state index contributed by atoms with van der Waals surface area (Å²) in [6, 6.07) is 3.49. The Morgan fingerprint density at radius 1 is 1.13 bits per heavy atom. The second-order valence-corrected chi connectivity index (χ2v) is 4.36. The van der Waals surface area contributed by atoms with Crippen molar-refractivity contribution in [1.82, 2.24) is 0 Å². The van der Waals surface area contributed by atoms with Gasteiger partial charge in [0, 0.05) is 18.8 Å². The normalized spacial score (nSPS) is 15.7. The summed E-state index contributed by atoms with van der Waals surface area (Å²) >= 11 is 11.8. The maximum Gasteiger partial charge on any atom is 0.145 e. The van der Waals surface area contributed by atoms with Crippen LogP contribution in [0.5, 0.6) is 0 Å². The van der Waals surface area contributed by atoms with Gasteiger partial charge in [0.25, 0.3) is 0 Å². The number of rotatable bonds is 2. The summed E-state index contributed by atoms with van der Waals surface area (Å²) in [7, 11) is 0. The Morgan fingerprint density at radius 3 is 2.13 bits per heavy atom. The summed E-state index contributed by atoms with van der Waals surface area (Å²) in [5.74, 6) is 0. The molecule has 2 rings (SSSR count). The number of halogens is 2. The first kappa shape index (κ1) is 10.7. The van der Waals surface area contributed by atoms with E-state index in [4.69, 9.17) is 23.2 Å². The highest BCUT2D eigenvalue weighted by atomic mass is 35.5. The van der Waals surface area contributed by atoms with E-state index in [1.807, 2.05) is 0 Å². The first-order valence-corrected chi connectivity index (χ1v) is 5.55. The van der Waals surface area contributed by atoms with Crippen LogP contribution < -0.4 is 4.90 Å². The molecule has 0 aliphatic carbocycles. The monoisotopic (exact) mass is 244 g/mol. The number of anilines is 1. The fraction of sp³-hybridized carbons (Fsp3) is 0.400. The van der Waals surface area contributed by atoms with Gasteiger partial charge in [-0.15, -0.1) is 4.91 Å². The molecule has 0 amide bonds. The third-order valence-electron chi connectivity index (χ3n) is 2.56. The van der Waals surface area contributed by atoms with Crippen LogP contribution in [0.2, 0.25) is 10.0 Å². The van der Waals surface area contributed by atoms with Crippen molar-refractivity contribution in [2.75, 3.05) is 18.0 Å². The summed E-state index contributed by atoms with van der Waals surface area (Å²) in [6.07, 6.45) is 2.37. The molecule has 0 radical (unpaired) electrons. The van der Waals surface area contributed by atoms with Crippen molar-refractivity contribution in [2.24, 2.45) is 5.18 Å². The van der Waals surface area contributed by atoms with Gasteiger partial charge in [-0.1, -0.05) is 23.2 Å². The van der Waals surface area contributed by atoms with Crippen LogP contribution in [0.4, 0.5) is 11.4 Å². The van der Waals surface area contributed by atoms with Crippen LogP contribution in [0.15, 0.2) is 17.3 Å². The molecule has 5 heteroatoms. The third-order valence-corrected chi connectivity index (χ3v) is 3.14. The molecule has 0 unspecified atom stereocenters. The van der Waals surface area contributed by atoms with Crippen LogP contribution in [-0.2, 0) is 0 Å². The van der Waals surface area contributed by atoms with Crippen molar-refractivity contribution in [3.05, 3.63) is 27.1 Å². The maximum absolute atomic E-state index is 10.4. The predicted octanol–water partition coefficient (Wildman–Crippen LogP) is 3.99. The van der Waals surface area contributed by atoms with E-state index in [-0.39, 0.29) is 5.69 Å². The van der Waals surface area contributed by atoms with Crippen molar-refractivity contribution in [1.29, 1.82) is 0 Å². The molecular formula is C10H10Cl2N2O. The number of benzene rings is 1. The lowest BCUT2D eigenvalue weighted by atomic mass is 10.2. The van der Waals surface area contributed by atoms with Gasteiger partial charge >= 0.3 is 0 Å². The Hall–Kier alpha value is -0.800. The largest absolute Gasteiger partial charge is 0.371 e. The minimum Gasteiger partial charge on any atom is -0.371 e. The summed E-state index contributed by atoms with van der Waals surface area (Å²) in [5, 5.41) is 3.44. The summed E-state index contributed by atoms with van der Waals surface area (Å²) in [6.45, 7) is 2.03. The van der Waals surface area contributed by atoms with E-state index >= 15 is 0 Å². The molecule has 1 aromatic rings. The molecule has 0 N–H and O–H groups in total. The quantitative estimate of drug-likeness (QED) is 0.738. The van der Waals surface area contributed by atoms with Gasteiger partial charge in [0.1, 0.15) is 5.69 Å². The molecule has 3 nitrogen and oxygen atoms in total. The minimum atomic E-state index is 0.126. The third kappa shape index (κ3) is 2.08. The average molecular weight is 245 g/mol. The van der Waals surface area contributed by atoms with E-state index in [0.29, 0.717) is 10.0 Å². The van der Waals surface area contributed by atoms with Gasteiger partial charge in [-0.2, -0.15) is 0 Å². The molecule has 0 aromatic heterocycles. The van der Waals surface area contributed by atoms with Gasteiger partial charge < -0.3 is 4.90 Å². The number of nitroso groups, excluding NO2 is 1. The molecule has 1 aromatic carbocycles. The van der Waals surface area contributed by atoms with Gasteiger partial charge in [-0.3, -0.25) is 0 Å². The highest BCUT2D eigenvalue weighted by molar-refractivity contribution is 6.39. The van der Waals surface area contributed by atoms with E-state index in [2.05, 4.69) is 10.1 Å². The van der Waals surface area contributed by atoms with Gasteiger partial charge in [0.05, 0.1) is 10.0 Å². The molecule has 1 aliphatic heterocycles. The summed E-state index contributed by atoms with van der Waals surface area (Å²) < 4.78 is 0. The highest BCUT2D eigenvalue weighted by Crippen LogP contribution is 2.37. The Morgan fingerprint density at radius 2 is 1.67 bits per heavy atom. The lowest BCUT2D eigenvalue weighted by molar-refractivity contribution is 0.949. The van der Waals surface area contributed by atoms with Crippen LogP contribution in [-0.4, -0.2) is 13.1 Å².